The van der Waals surface area contributed by atoms with Gasteiger partial charge in [0, 0.05) is 23.9 Å². The molecule has 0 aliphatic carbocycles. The molecule has 0 bridgehead atoms. The minimum atomic E-state index is -0.648. The maximum absolute atomic E-state index is 12.9. The van der Waals surface area contributed by atoms with E-state index >= 15 is 0 Å². The number of nitrogens with one attached hydrogen (secondary N) is 1. The maximum Gasteiger partial charge on any atom is 0.255 e. The minimum Gasteiger partial charge on any atom is -0.388 e. The molecule has 132 valence electrons. The number of likely N-dealkylation sites (tertiary alicyclic amines) is 1. The Hall–Kier alpha value is -2.11. The summed E-state index contributed by atoms with van der Waals surface area (Å²) in [6.45, 7) is 5.20. The van der Waals surface area contributed by atoms with Crippen molar-refractivity contribution in [1.82, 2.24) is 9.88 Å². The van der Waals surface area contributed by atoms with E-state index in [1.54, 1.807) is 4.90 Å². The third-order valence-corrected chi connectivity index (χ3v) is 5.56. The van der Waals surface area contributed by atoms with Crippen LogP contribution in [0.2, 0.25) is 0 Å². The van der Waals surface area contributed by atoms with E-state index in [9.17, 15) is 9.90 Å². The highest BCUT2D eigenvalue weighted by molar-refractivity contribution is 5.96. The Balaban J connectivity index is 1.52. The Morgan fingerprint density at radius 1 is 1.32 bits per heavy atom. The first-order valence-electron chi connectivity index (χ1n) is 8.81. The van der Waals surface area contributed by atoms with Crippen molar-refractivity contribution in [3.8, 4) is 0 Å². The van der Waals surface area contributed by atoms with Crippen LogP contribution in [0.3, 0.4) is 0 Å². The molecule has 1 amide bonds. The second-order valence-electron chi connectivity index (χ2n) is 7.38. The number of ether oxygens (including phenoxy) is 1. The molecule has 4 rings (SSSR count). The highest BCUT2D eigenvalue weighted by Crippen LogP contribution is 2.42. The van der Waals surface area contributed by atoms with Crippen LogP contribution in [0.5, 0.6) is 0 Å². The average molecular weight is 340 g/mol. The first-order valence-corrected chi connectivity index (χ1v) is 8.81. The van der Waals surface area contributed by atoms with Gasteiger partial charge in [-0.25, -0.2) is 0 Å². The molecule has 25 heavy (non-hydrogen) atoms. The molecule has 0 radical (unpaired) electrons. The van der Waals surface area contributed by atoms with E-state index in [2.05, 4.69) is 17.1 Å². The molecule has 0 unspecified atom stereocenters. The molecule has 3 heterocycles. The van der Waals surface area contributed by atoms with Crippen LogP contribution in [0.4, 0.5) is 0 Å². The summed E-state index contributed by atoms with van der Waals surface area (Å²) in [4.78, 5) is 17.8. The molecule has 5 nitrogen and oxygen atoms in total. The van der Waals surface area contributed by atoms with Crippen LogP contribution >= 0.6 is 0 Å². The van der Waals surface area contributed by atoms with Crippen LogP contribution in [0.15, 0.2) is 36.4 Å². The van der Waals surface area contributed by atoms with Gasteiger partial charge >= 0.3 is 0 Å². The molecular formula is C20H24N2O3. The van der Waals surface area contributed by atoms with Gasteiger partial charge in [-0.15, -0.1) is 0 Å². The molecule has 2 aliphatic rings. The number of aryl methyl sites for hydroxylation is 2. The first kappa shape index (κ1) is 16.4. The molecule has 5 heteroatoms. The Morgan fingerprint density at radius 2 is 2.08 bits per heavy atom. The van der Waals surface area contributed by atoms with Crippen LogP contribution in [-0.2, 0) is 4.74 Å². The van der Waals surface area contributed by atoms with Gasteiger partial charge in [-0.2, -0.15) is 0 Å². The molecule has 2 fully saturated rings. The number of hydrogen-bond acceptors (Lipinski definition) is 3. The molecule has 3 atom stereocenters. The quantitative estimate of drug-likeness (QED) is 0.882. The number of carbonyl (C=O) groups is 1. The zero-order valence-electron chi connectivity index (χ0n) is 14.7. The molecule has 1 spiro atoms. The van der Waals surface area contributed by atoms with E-state index in [1.165, 1.54) is 5.56 Å². The fourth-order valence-electron chi connectivity index (χ4n) is 4.22. The van der Waals surface area contributed by atoms with Gasteiger partial charge in [0.15, 0.2) is 0 Å². The van der Waals surface area contributed by atoms with Crippen LogP contribution in [0, 0.1) is 13.8 Å². The molecule has 2 N–H and O–H groups in total. The summed E-state index contributed by atoms with van der Waals surface area (Å²) in [5.74, 6) is 0.228. The predicted octanol–water partition coefficient (Wildman–Crippen LogP) is 2.39. The number of aromatic nitrogens is 1. The number of rotatable bonds is 2. The summed E-state index contributed by atoms with van der Waals surface area (Å²) < 4.78 is 6.08. The molecular weight excluding hydrogens is 316 g/mol. The van der Waals surface area contributed by atoms with Crippen molar-refractivity contribution in [2.24, 2.45) is 0 Å². The number of aliphatic hydroxyl groups excluding tert-OH is 1. The number of aromatic amines is 1. The van der Waals surface area contributed by atoms with Crippen molar-refractivity contribution < 1.29 is 14.6 Å². The monoisotopic (exact) mass is 340 g/mol. The summed E-state index contributed by atoms with van der Waals surface area (Å²) >= 11 is 0. The number of benzene rings is 1. The third kappa shape index (κ3) is 2.77. The highest BCUT2D eigenvalue weighted by Gasteiger charge is 2.53. The average Bonchev–Trinajstić information content (AvgIpc) is 3.27. The van der Waals surface area contributed by atoms with Crippen LogP contribution in [0.25, 0.3) is 0 Å². The Kier molecular flexibility index (Phi) is 3.93. The van der Waals surface area contributed by atoms with Gasteiger partial charge < -0.3 is 19.7 Å². The zero-order valence-corrected chi connectivity index (χ0v) is 14.7. The molecule has 1 aromatic carbocycles. The van der Waals surface area contributed by atoms with Gasteiger partial charge in [-0.05, 0) is 31.9 Å². The topological polar surface area (TPSA) is 65.6 Å². The summed E-state index contributed by atoms with van der Waals surface area (Å²) in [5.41, 5.74) is 3.10. The fraction of sp³-hybridized carbons (Fsp3) is 0.450. The number of amides is 1. The van der Waals surface area contributed by atoms with Gasteiger partial charge in [0.05, 0.1) is 18.7 Å². The van der Waals surface area contributed by atoms with Crippen molar-refractivity contribution in [2.75, 3.05) is 19.7 Å². The van der Waals surface area contributed by atoms with Crippen LogP contribution in [-0.4, -0.2) is 52.3 Å². The molecule has 2 saturated heterocycles. The van der Waals surface area contributed by atoms with Gasteiger partial charge in [0.1, 0.15) is 11.7 Å². The minimum absolute atomic E-state index is 0.0375. The van der Waals surface area contributed by atoms with Crippen LogP contribution < -0.4 is 0 Å². The fourth-order valence-corrected chi connectivity index (χ4v) is 4.22. The van der Waals surface area contributed by atoms with Crippen LogP contribution in [0.1, 0.15) is 39.6 Å². The van der Waals surface area contributed by atoms with Gasteiger partial charge in [-0.1, -0.05) is 30.3 Å². The highest BCUT2D eigenvalue weighted by atomic mass is 16.5. The summed E-state index contributed by atoms with van der Waals surface area (Å²) in [6.07, 6.45) is 0.0955. The number of β-amino-alcohol motifs (C(OH)–C–C–N with tert-alkyl or cyclic N) is 1. The standard InChI is InChI=1S/C20H24N2O3/c1-13-8-17(14(2)21-13)19(24)22-10-18(23)20(12-22)9-16(11-25-20)15-6-4-3-5-7-15/h3-8,16,18,21,23H,9-12H2,1-2H3/t16-,18+,20+/m0/s1. The first-order chi connectivity index (χ1) is 12.0. The molecule has 1 aromatic heterocycles. The van der Waals surface area contributed by atoms with E-state index in [-0.39, 0.29) is 11.8 Å². The zero-order chi connectivity index (χ0) is 17.6. The Morgan fingerprint density at radius 3 is 2.76 bits per heavy atom. The predicted molar refractivity (Wildman–Crippen MR) is 94.7 cm³/mol. The van der Waals surface area contributed by atoms with Crippen molar-refractivity contribution in [3.05, 3.63) is 58.9 Å². The summed E-state index contributed by atoms with van der Waals surface area (Å²) in [5, 5.41) is 10.7. The second kappa shape index (κ2) is 6.00. The van der Waals surface area contributed by atoms with E-state index in [1.807, 2.05) is 38.1 Å². The smallest absolute Gasteiger partial charge is 0.255 e. The van der Waals surface area contributed by atoms with E-state index in [4.69, 9.17) is 4.74 Å². The SMILES string of the molecule is Cc1cc(C(=O)N2C[C@@H](O)[C@@]3(C[C@H](c4ccccc4)CO3)C2)c(C)[nH]1. The van der Waals surface area contributed by atoms with Crippen molar-refractivity contribution >= 4 is 5.91 Å². The van der Waals surface area contributed by atoms with Crippen molar-refractivity contribution in [1.29, 1.82) is 0 Å². The lowest BCUT2D eigenvalue weighted by Gasteiger charge is -2.26. The number of hydrogen-bond donors (Lipinski definition) is 2. The lowest BCUT2D eigenvalue weighted by molar-refractivity contribution is -0.0591. The number of aliphatic hydroxyl groups is 1. The van der Waals surface area contributed by atoms with E-state index < -0.39 is 11.7 Å². The lowest BCUT2D eigenvalue weighted by atomic mass is 9.87. The Labute approximate surface area is 147 Å². The maximum atomic E-state index is 12.9. The van der Waals surface area contributed by atoms with E-state index in [0.717, 1.165) is 17.8 Å². The summed E-state index contributed by atoms with van der Waals surface area (Å²) in [7, 11) is 0. The second-order valence-corrected chi connectivity index (χ2v) is 7.38. The largest absolute Gasteiger partial charge is 0.388 e. The normalized spacial score (nSPS) is 28.8. The third-order valence-electron chi connectivity index (χ3n) is 5.56. The Bertz CT molecular complexity index is 785. The lowest BCUT2D eigenvalue weighted by Crippen LogP contribution is -2.41. The van der Waals surface area contributed by atoms with E-state index in [0.29, 0.717) is 25.3 Å². The van der Waals surface area contributed by atoms with Gasteiger partial charge in [-0.3, -0.25) is 4.79 Å². The van der Waals surface area contributed by atoms with Gasteiger partial charge in [0.25, 0.3) is 5.91 Å². The molecule has 2 aromatic rings. The summed E-state index contributed by atoms with van der Waals surface area (Å²) in [6, 6.07) is 12.1. The molecule has 2 aliphatic heterocycles. The van der Waals surface area contributed by atoms with Gasteiger partial charge in [0.2, 0.25) is 0 Å². The van der Waals surface area contributed by atoms with Crippen molar-refractivity contribution in [2.45, 2.75) is 37.9 Å². The number of carbonyl (C=O) groups excluding carboxylic acids is 1. The van der Waals surface area contributed by atoms with Crippen molar-refractivity contribution in [3.63, 3.8) is 0 Å². The molecule has 0 saturated carbocycles. The number of nitrogens with zero attached hydrogens (tertiary/aromatic N) is 1. The number of H-pyrrole nitrogens is 1.